The highest BCUT2D eigenvalue weighted by Crippen LogP contribution is 2.64. The first kappa shape index (κ1) is 39.7. The minimum absolute atomic E-state index is 0.0719. The summed E-state index contributed by atoms with van der Waals surface area (Å²) >= 11 is 0. The molecule has 2 aliphatic heterocycles. The van der Waals surface area contributed by atoms with Crippen LogP contribution < -0.4 is 14.7 Å². The van der Waals surface area contributed by atoms with Crippen molar-refractivity contribution >= 4 is 73.1 Å². The van der Waals surface area contributed by atoms with Crippen LogP contribution in [0.3, 0.4) is 0 Å². The van der Waals surface area contributed by atoms with Gasteiger partial charge in [-0.15, -0.1) is 0 Å². The van der Waals surface area contributed by atoms with Crippen LogP contribution in [0.5, 0.6) is 0 Å². The van der Waals surface area contributed by atoms with E-state index in [2.05, 4.69) is 250 Å². The summed E-state index contributed by atoms with van der Waals surface area (Å²) < 4.78 is 6.53. The molecule has 9 aromatic carbocycles. The van der Waals surface area contributed by atoms with Crippen molar-refractivity contribution in [2.45, 2.75) is 52.4 Å². The van der Waals surface area contributed by atoms with E-state index in [0.717, 1.165) is 84.3 Å². The van der Waals surface area contributed by atoms with Gasteiger partial charge >= 0.3 is 0 Å². The van der Waals surface area contributed by atoms with E-state index in [-0.39, 0.29) is 10.8 Å². The molecule has 0 bridgehead atoms. The highest BCUT2D eigenvalue weighted by atomic mass is 16.3. The van der Waals surface area contributed by atoms with E-state index in [1.165, 1.54) is 33.4 Å². The Bertz CT molecular complexity index is 3480. The van der Waals surface area contributed by atoms with E-state index < -0.39 is 0 Å². The smallest absolute Gasteiger partial charge is 0.143 e. The van der Waals surface area contributed by atoms with Crippen molar-refractivity contribution in [2.75, 3.05) is 14.7 Å². The van der Waals surface area contributed by atoms with Crippen LogP contribution in [-0.4, -0.2) is 0 Å². The number of hydrogen-bond donors (Lipinski definition) is 0. The Labute approximate surface area is 387 Å². The van der Waals surface area contributed by atoms with E-state index in [0.29, 0.717) is 0 Å². The van der Waals surface area contributed by atoms with Gasteiger partial charge in [0.05, 0.1) is 39.8 Å². The average molecular weight is 854 g/mol. The van der Waals surface area contributed by atoms with Crippen LogP contribution in [0.2, 0.25) is 0 Å². The van der Waals surface area contributed by atoms with E-state index in [9.17, 15) is 0 Å². The number of nitrogens with zero attached hydrogens (tertiary/aromatic N) is 3. The molecule has 3 heterocycles. The fourth-order valence-corrected chi connectivity index (χ4v) is 10.1. The first-order chi connectivity index (χ1) is 32.0. The topological polar surface area (TPSA) is 22.9 Å². The lowest BCUT2D eigenvalue weighted by atomic mass is 9.83. The molecule has 0 fully saturated rings. The third kappa shape index (κ3) is 6.42. The number of para-hydroxylation sites is 2. The quantitative estimate of drug-likeness (QED) is 0.172. The first-order valence-electron chi connectivity index (χ1n) is 23.1. The molecule has 0 aliphatic carbocycles. The molecule has 0 N–H and O–H groups in total. The lowest BCUT2D eigenvalue weighted by Crippen LogP contribution is -2.31. The van der Waals surface area contributed by atoms with Gasteiger partial charge in [-0.05, 0) is 117 Å². The summed E-state index contributed by atoms with van der Waals surface area (Å²) in [5, 5.41) is 2.27. The molecule has 10 aromatic rings. The Morgan fingerprint density at radius 2 is 0.818 bits per heavy atom. The summed E-state index contributed by atoms with van der Waals surface area (Å²) in [5.74, 6) is 0. The van der Waals surface area contributed by atoms with Crippen LogP contribution in [0.15, 0.2) is 205 Å². The predicted molar refractivity (Wildman–Crippen MR) is 279 cm³/mol. The standard InChI is InChI=1S/C62H51N3O/c1-61(2,3)45-29-35-53-55(37-45)64(48-32-26-43(27-33-48)49-21-15-22-51-50-20-13-14-23-58(50)66-60(49)51)57-39-46(62(4,5)6)38-56-59(57)65(53)54-36-44(41-18-11-8-12-19-41)28-34-52(54)63(56)47-30-24-42(25-31-47)40-16-9-7-10-17-40/h7-39H,1-6H3. The van der Waals surface area contributed by atoms with Crippen molar-refractivity contribution in [3.63, 3.8) is 0 Å². The lowest BCUT2D eigenvalue weighted by Gasteiger charge is -2.48. The molecule has 2 aliphatic rings. The summed E-state index contributed by atoms with van der Waals surface area (Å²) in [6, 6.07) is 73.4. The highest BCUT2D eigenvalue weighted by molar-refractivity contribution is 6.14. The number of hydrogen-bond acceptors (Lipinski definition) is 4. The SMILES string of the molecule is CC(C)(C)c1ccc2c(c1)N(c1ccc(-c3cccc4c3oc3ccccc34)cc1)c1cc(C(C)(C)C)cc3c1N2c1cc(-c2ccccc2)ccc1N3c1ccc(-c2ccccc2)cc1. The van der Waals surface area contributed by atoms with Crippen molar-refractivity contribution in [1.29, 1.82) is 0 Å². The van der Waals surface area contributed by atoms with E-state index >= 15 is 0 Å². The van der Waals surface area contributed by atoms with Gasteiger partial charge in [-0.2, -0.15) is 0 Å². The maximum atomic E-state index is 6.53. The number of fused-ring (bicyclic) bond motifs is 7. The minimum atomic E-state index is -0.148. The number of benzene rings is 9. The summed E-state index contributed by atoms with van der Waals surface area (Å²) in [7, 11) is 0. The Balaban J connectivity index is 1.11. The van der Waals surface area contributed by atoms with Gasteiger partial charge in [0.2, 0.25) is 0 Å². The molecule has 4 nitrogen and oxygen atoms in total. The maximum absolute atomic E-state index is 6.53. The van der Waals surface area contributed by atoms with Gasteiger partial charge in [-0.1, -0.05) is 175 Å². The Morgan fingerprint density at radius 3 is 1.47 bits per heavy atom. The van der Waals surface area contributed by atoms with Crippen LogP contribution in [0, 0.1) is 0 Å². The van der Waals surface area contributed by atoms with Gasteiger partial charge in [0.1, 0.15) is 11.2 Å². The number of anilines is 9. The van der Waals surface area contributed by atoms with Gasteiger partial charge in [0.15, 0.2) is 0 Å². The molecule has 0 atom stereocenters. The van der Waals surface area contributed by atoms with E-state index in [1.807, 2.05) is 6.07 Å². The van der Waals surface area contributed by atoms with Crippen LogP contribution in [0.25, 0.3) is 55.3 Å². The maximum Gasteiger partial charge on any atom is 0.143 e. The second-order valence-corrected chi connectivity index (χ2v) is 19.9. The molecule has 66 heavy (non-hydrogen) atoms. The molecule has 12 rings (SSSR count). The van der Waals surface area contributed by atoms with E-state index in [4.69, 9.17) is 4.42 Å². The van der Waals surface area contributed by atoms with Crippen molar-refractivity contribution in [3.8, 4) is 33.4 Å². The number of rotatable bonds is 5. The molecule has 1 aromatic heterocycles. The molecule has 0 spiro atoms. The Kier molecular flexibility index (Phi) is 8.95. The third-order valence-electron chi connectivity index (χ3n) is 13.6. The van der Waals surface area contributed by atoms with Crippen molar-refractivity contribution in [3.05, 3.63) is 211 Å². The lowest BCUT2D eigenvalue weighted by molar-refractivity contribution is 0.590. The van der Waals surface area contributed by atoms with Crippen LogP contribution in [0.4, 0.5) is 51.2 Å². The Morgan fingerprint density at radius 1 is 0.333 bits per heavy atom. The molecule has 0 radical (unpaired) electrons. The average Bonchev–Trinajstić information content (AvgIpc) is 3.73. The Hall–Kier alpha value is -7.82. The largest absolute Gasteiger partial charge is 0.455 e. The van der Waals surface area contributed by atoms with Crippen LogP contribution in [-0.2, 0) is 10.8 Å². The monoisotopic (exact) mass is 853 g/mol. The summed E-state index contributed by atoms with van der Waals surface area (Å²) in [5.41, 5.74) is 21.3. The molecule has 0 saturated carbocycles. The van der Waals surface area contributed by atoms with Crippen molar-refractivity contribution in [1.82, 2.24) is 0 Å². The minimum Gasteiger partial charge on any atom is -0.455 e. The van der Waals surface area contributed by atoms with Gasteiger partial charge in [0, 0.05) is 27.7 Å². The van der Waals surface area contributed by atoms with E-state index in [1.54, 1.807) is 0 Å². The molecule has 0 unspecified atom stereocenters. The molecule has 0 saturated heterocycles. The van der Waals surface area contributed by atoms with Gasteiger partial charge in [-0.25, -0.2) is 0 Å². The van der Waals surface area contributed by atoms with Crippen LogP contribution in [0.1, 0.15) is 52.7 Å². The fraction of sp³-hybridized carbons (Fsp3) is 0.129. The van der Waals surface area contributed by atoms with Crippen LogP contribution >= 0.6 is 0 Å². The summed E-state index contributed by atoms with van der Waals surface area (Å²) in [6.45, 7) is 13.9. The zero-order valence-corrected chi connectivity index (χ0v) is 38.3. The zero-order chi connectivity index (χ0) is 44.9. The van der Waals surface area contributed by atoms with Gasteiger partial charge < -0.3 is 19.1 Å². The third-order valence-corrected chi connectivity index (χ3v) is 13.6. The molecular weight excluding hydrogens is 803 g/mol. The second kappa shape index (κ2) is 14.9. The predicted octanol–water partition coefficient (Wildman–Crippen LogP) is 18.2. The number of furan rings is 1. The molecule has 0 amide bonds. The summed E-state index contributed by atoms with van der Waals surface area (Å²) in [4.78, 5) is 7.55. The fourth-order valence-electron chi connectivity index (χ4n) is 10.1. The van der Waals surface area contributed by atoms with Gasteiger partial charge in [0.25, 0.3) is 0 Å². The highest BCUT2D eigenvalue weighted by Gasteiger charge is 2.41. The van der Waals surface area contributed by atoms with Crippen molar-refractivity contribution in [2.24, 2.45) is 0 Å². The first-order valence-corrected chi connectivity index (χ1v) is 23.1. The molecule has 4 heteroatoms. The van der Waals surface area contributed by atoms with Crippen molar-refractivity contribution < 1.29 is 4.42 Å². The molecule has 320 valence electrons. The molecular formula is C62H51N3O. The summed E-state index contributed by atoms with van der Waals surface area (Å²) in [6.07, 6.45) is 0. The normalized spacial score (nSPS) is 13.2. The van der Waals surface area contributed by atoms with Gasteiger partial charge in [-0.3, -0.25) is 0 Å². The second-order valence-electron chi connectivity index (χ2n) is 19.9. The zero-order valence-electron chi connectivity index (χ0n) is 38.3.